The first-order chi connectivity index (χ1) is 9.72. The van der Waals surface area contributed by atoms with Crippen molar-refractivity contribution in [2.75, 3.05) is 6.54 Å². The number of nitrogens with zero attached hydrogens (tertiary/aromatic N) is 2. The van der Waals surface area contributed by atoms with Gasteiger partial charge in [-0.25, -0.2) is 0 Å². The Morgan fingerprint density at radius 2 is 2.20 bits per heavy atom. The molecule has 20 heavy (non-hydrogen) atoms. The number of nitrogens with one attached hydrogen (secondary N) is 1. The Kier molecular flexibility index (Phi) is 6.13. The molecule has 0 saturated carbocycles. The second-order valence-corrected chi connectivity index (χ2v) is 6.92. The number of rotatable bonds is 8. The molecule has 0 radical (unpaired) electrons. The minimum absolute atomic E-state index is 0.382. The monoisotopic (exact) mass is 309 g/mol. The average molecular weight is 310 g/mol. The summed E-state index contributed by atoms with van der Waals surface area (Å²) < 4.78 is 4.17. The summed E-state index contributed by atoms with van der Waals surface area (Å²) in [6.07, 6.45) is 3.37. The molecule has 0 saturated heterocycles. The maximum atomic E-state index is 4.32. The topological polar surface area (TPSA) is 37.8 Å². The molecule has 0 aromatic carbocycles. The number of thiophene rings is 1. The molecule has 2 aromatic rings. The fourth-order valence-corrected chi connectivity index (χ4v) is 3.86. The van der Waals surface area contributed by atoms with Gasteiger partial charge in [0.1, 0.15) is 0 Å². The average Bonchev–Trinajstić information content (AvgIpc) is 3.09. The normalized spacial score (nSPS) is 13.0. The van der Waals surface area contributed by atoms with Crippen LogP contribution in [0.3, 0.4) is 0 Å². The molecule has 0 bridgehead atoms. The quantitative estimate of drug-likeness (QED) is 0.785. The van der Waals surface area contributed by atoms with Crippen LogP contribution < -0.4 is 5.32 Å². The summed E-state index contributed by atoms with van der Waals surface area (Å²) in [5.41, 5.74) is 2.59. The minimum atomic E-state index is 0.382. The zero-order valence-corrected chi connectivity index (χ0v) is 14.1. The van der Waals surface area contributed by atoms with Crippen molar-refractivity contribution in [3.63, 3.8) is 0 Å². The predicted octanol–water partition coefficient (Wildman–Crippen LogP) is 4.40. The van der Waals surface area contributed by atoms with E-state index in [1.807, 2.05) is 0 Å². The van der Waals surface area contributed by atoms with E-state index >= 15 is 0 Å². The van der Waals surface area contributed by atoms with E-state index in [1.165, 1.54) is 10.4 Å². The molecule has 5 heteroatoms. The highest BCUT2D eigenvalue weighted by molar-refractivity contribution is 7.08. The third-order valence-electron chi connectivity index (χ3n) is 3.35. The summed E-state index contributed by atoms with van der Waals surface area (Å²) in [5, 5.41) is 12.4. The SMILES string of the molecule is CCCNC(CCc1ccsc1)c1snnc1C(C)C. The molecule has 0 aliphatic heterocycles. The van der Waals surface area contributed by atoms with E-state index < -0.39 is 0 Å². The van der Waals surface area contributed by atoms with Gasteiger partial charge in [-0.3, -0.25) is 0 Å². The van der Waals surface area contributed by atoms with Gasteiger partial charge in [-0.1, -0.05) is 25.3 Å². The molecule has 0 amide bonds. The molecule has 110 valence electrons. The molecular weight excluding hydrogens is 286 g/mol. The van der Waals surface area contributed by atoms with E-state index in [-0.39, 0.29) is 0 Å². The van der Waals surface area contributed by atoms with E-state index in [1.54, 1.807) is 22.9 Å². The Labute approximate surface area is 129 Å². The van der Waals surface area contributed by atoms with Gasteiger partial charge >= 0.3 is 0 Å². The van der Waals surface area contributed by atoms with Crippen molar-refractivity contribution in [1.82, 2.24) is 14.9 Å². The van der Waals surface area contributed by atoms with E-state index in [4.69, 9.17) is 0 Å². The molecule has 0 aliphatic rings. The lowest BCUT2D eigenvalue weighted by Crippen LogP contribution is -2.23. The molecule has 2 aromatic heterocycles. The highest BCUT2D eigenvalue weighted by Gasteiger charge is 2.20. The molecule has 0 aliphatic carbocycles. The smallest absolute Gasteiger partial charge is 0.0829 e. The van der Waals surface area contributed by atoms with Crippen molar-refractivity contribution in [1.29, 1.82) is 0 Å². The first-order valence-corrected chi connectivity index (χ1v) is 9.00. The molecule has 1 unspecified atom stereocenters. The fourth-order valence-electron chi connectivity index (χ4n) is 2.24. The summed E-state index contributed by atoms with van der Waals surface area (Å²) in [4.78, 5) is 1.32. The lowest BCUT2D eigenvalue weighted by molar-refractivity contribution is 0.500. The number of hydrogen-bond acceptors (Lipinski definition) is 5. The lowest BCUT2D eigenvalue weighted by atomic mass is 10.0. The van der Waals surface area contributed by atoms with Crippen LogP contribution in [0.1, 0.15) is 61.7 Å². The molecule has 2 heterocycles. The maximum absolute atomic E-state index is 4.32. The Bertz CT molecular complexity index is 491. The van der Waals surface area contributed by atoms with Crippen LogP contribution >= 0.6 is 22.9 Å². The van der Waals surface area contributed by atoms with Crippen molar-refractivity contribution < 1.29 is 0 Å². The van der Waals surface area contributed by atoms with Crippen LogP contribution in [-0.2, 0) is 6.42 Å². The first kappa shape index (κ1) is 15.6. The van der Waals surface area contributed by atoms with Crippen molar-refractivity contribution in [2.45, 2.75) is 52.0 Å². The van der Waals surface area contributed by atoms with Crippen molar-refractivity contribution in [3.8, 4) is 0 Å². The minimum Gasteiger partial charge on any atom is -0.309 e. The van der Waals surface area contributed by atoms with Crippen molar-refractivity contribution >= 4 is 22.9 Å². The van der Waals surface area contributed by atoms with Gasteiger partial charge in [-0.2, -0.15) is 11.3 Å². The molecule has 0 spiro atoms. The van der Waals surface area contributed by atoms with Gasteiger partial charge in [0.15, 0.2) is 0 Å². The van der Waals surface area contributed by atoms with Crippen LogP contribution in [0.15, 0.2) is 16.8 Å². The summed E-state index contributed by atoms with van der Waals surface area (Å²) in [7, 11) is 0. The van der Waals surface area contributed by atoms with Crippen LogP contribution in [0.5, 0.6) is 0 Å². The third-order valence-corrected chi connectivity index (χ3v) is 4.93. The lowest BCUT2D eigenvalue weighted by Gasteiger charge is -2.18. The molecule has 1 N–H and O–H groups in total. The van der Waals surface area contributed by atoms with Gasteiger partial charge in [0.25, 0.3) is 0 Å². The number of aryl methyl sites for hydroxylation is 1. The van der Waals surface area contributed by atoms with Crippen LogP contribution in [0.2, 0.25) is 0 Å². The van der Waals surface area contributed by atoms with Crippen LogP contribution in [-0.4, -0.2) is 16.1 Å². The van der Waals surface area contributed by atoms with Gasteiger partial charge in [-0.15, -0.1) is 5.10 Å². The largest absolute Gasteiger partial charge is 0.309 e. The maximum Gasteiger partial charge on any atom is 0.0829 e. The zero-order chi connectivity index (χ0) is 14.4. The standard InChI is InChI=1S/C15H23N3S2/c1-4-8-16-13(6-5-12-7-9-19-10-12)15-14(11(2)3)17-18-20-15/h7,9-11,13,16H,4-6,8H2,1-3H3. The Morgan fingerprint density at radius 1 is 1.35 bits per heavy atom. The van der Waals surface area contributed by atoms with Gasteiger partial charge in [0.05, 0.1) is 10.6 Å². The second kappa shape index (κ2) is 7.86. The van der Waals surface area contributed by atoms with E-state index in [2.05, 4.69) is 52.5 Å². The summed E-state index contributed by atoms with van der Waals surface area (Å²) in [6.45, 7) is 7.63. The molecular formula is C15H23N3S2. The molecule has 3 nitrogen and oxygen atoms in total. The van der Waals surface area contributed by atoms with Gasteiger partial charge in [0.2, 0.25) is 0 Å². The molecule has 0 fully saturated rings. The highest BCUT2D eigenvalue weighted by atomic mass is 32.1. The van der Waals surface area contributed by atoms with Crippen LogP contribution in [0.25, 0.3) is 0 Å². The van der Waals surface area contributed by atoms with Crippen LogP contribution in [0, 0.1) is 0 Å². The summed E-state index contributed by atoms with van der Waals surface area (Å²) >= 11 is 3.32. The summed E-state index contributed by atoms with van der Waals surface area (Å²) in [5.74, 6) is 0.441. The molecule has 1 atom stereocenters. The number of aromatic nitrogens is 2. The van der Waals surface area contributed by atoms with Crippen molar-refractivity contribution in [3.05, 3.63) is 33.0 Å². The predicted molar refractivity (Wildman–Crippen MR) is 87.7 cm³/mol. The molecule has 2 rings (SSSR count). The first-order valence-electron chi connectivity index (χ1n) is 7.29. The Hall–Kier alpha value is -0.780. The van der Waals surface area contributed by atoms with E-state index in [0.29, 0.717) is 12.0 Å². The van der Waals surface area contributed by atoms with Gasteiger partial charge in [0, 0.05) is 6.04 Å². The summed E-state index contributed by atoms with van der Waals surface area (Å²) in [6, 6.07) is 2.60. The van der Waals surface area contributed by atoms with Crippen molar-refractivity contribution in [2.24, 2.45) is 0 Å². The van der Waals surface area contributed by atoms with E-state index in [9.17, 15) is 0 Å². The van der Waals surface area contributed by atoms with E-state index in [0.717, 1.165) is 31.5 Å². The highest BCUT2D eigenvalue weighted by Crippen LogP contribution is 2.29. The fraction of sp³-hybridized carbons (Fsp3) is 0.600. The number of hydrogen-bond donors (Lipinski definition) is 1. The third kappa shape index (κ3) is 4.11. The Balaban J connectivity index is 2.07. The van der Waals surface area contributed by atoms with Gasteiger partial charge in [-0.05, 0) is 65.6 Å². The van der Waals surface area contributed by atoms with Gasteiger partial charge < -0.3 is 5.32 Å². The zero-order valence-electron chi connectivity index (χ0n) is 12.4. The Morgan fingerprint density at radius 3 is 2.85 bits per heavy atom. The van der Waals surface area contributed by atoms with Crippen LogP contribution in [0.4, 0.5) is 0 Å². The second-order valence-electron chi connectivity index (χ2n) is 5.35.